The number of anilines is 2. The zero-order chi connectivity index (χ0) is 15.2. The maximum atomic E-state index is 12.0. The van der Waals surface area contributed by atoms with Crippen LogP contribution in [0.25, 0.3) is 0 Å². The maximum Gasteiger partial charge on any atom is 0.230 e. The molecular formula is C16H20N4O. The molecule has 0 spiro atoms. The normalized spacial score (nSPS) is 10.5. The van der Waals surface area contributed by atoms with Crippen LogP contribution in [0, 0.1) is 6.92 Å². The lowest BCUT2D eigenvalue weighted by atomic mass is 10.1. The molecule has 5 heteroatoms. The van der Waals surface area contributed by atoms with Gasteiger partial charge in [0.1, 0.15) is 5.82 Å². The lowest BCUT2D eigenvalue weighted by molar-refractivity contribution is -0.115. The number of amides is 1. The highest BCUT2D eigenvalue weighted by Crippen LogP contribution is 2.10. The molecule has 5 nitrogen and oxygen atoms in total. The first kappa shape index (κ1) is 15.0. The lowest BCUT2D eigenvalue weighted by Gasteiger charge is -2.09. The molecule has 1 aromatic carbocycles. The summed E-state index contributed by atoms with van der Waals surface area (Å²) < 4.78 is 0. The topological polar surface area (TPSA) is 66.9 Å². The first-order valence-electron chi connectivity index (χ1n) is 6.99. The fourth-order valence-electron chi connectivity index (χ4n) is 1.94. The van der Waals surface area contributed by atoms with Gasteiger partial charge >= 0.3 is 0 Å². The van der Waals surface area contributed by atoms with Gasteiger partial charge < -0.3 is 10.6 Å². The van der Waals surface area contributed by atoms with Crippen LogP contribution in [-0.2, 0) is 11.2 Å². The van der Waals surface area contributed by atoms with Crippen molar-refractivity contribution in [3.8, 4) is 0 Å². The van der Waals surface area contributed by atoms with Crippen molar-refractivity contribution >= 4 is 17.5 Å². The minimum atomic E-state index is -0.0943. The van der Waals surface area contributed by atoms with Gasteiger partial charge in [-0.05, 0) is 44.0 Å². The van der Waals surface area contributed by atoms with E-state index in [4.69, 9.17) is 0 Å². The monoisotopic (exact) mass is 284 g/mol. The molecule has 0 radical (unpaired) electrons. The smallest absolute Gasteiger partial charge is 0.230 e. The number of aromatic nitrogens is 2. The van der Waals surface area contributed by atoms with Gasteiger partial charge in [0.2, 0.25) is 5.91 Å². The second-order valence-electron chi connectivity index (χ2n) is 5.25. The summed E-state index contributed by atoms with van der Waals surface area (Å²) in [6.45, 7) is 6.05. The van der Waals surface area contributed by atoms with Gasteiger partial charge in [0.05, 0.1) is 6.42 Å². The maximum absolute atomic E-state index is 12.0. The highest BCUT2D eigenvalue weighted by molar-refractivity contribution is 5.91. The molecule has 0 atom stereocenters. The first-order valence-corrected chi connectivity index (χ1v) is 6.99. The highest BCUT2D eigenvalue weighted by Gasteiger charge is 2.07. The third-order valence-electron chi connectivity index (χ3n) is 2.98. The van der Waals surface area contributed by atoms with Gasteiger partial charge in [-0.1, -0.05) is 24.3 Å². The van der Waals surface area contributed by atoms with E-state index in [2.05, 4.69) is 20.8 Å². The zero-order valence-corrected chi connectivity index (χ0v) is 12.6. The Balaban J connectivity index is 1.95. The predicted molar refractivity (Wildman–Crippen MR) is 84.3 cm³/mol. The van der Waals surface area contributed by atoms with Crippen LogP contribution in [-0.4, -0.2) is 22.1 Å². The number of hydrogen-bond donors (Lipinski definition) is 2. The van der Waals surface area contributed by atoms with E-state index in [0.717, 1.165) is 11.1 Å². The quantitative estimate of drug-likeness (QED) is 0.886. The standard InChI is InChI=1S/C16H20N4O/c1-11(2)17-14-8-9-15(20-19-14)18-16(21)10-13-7-5-4-6-12(13)3/h4-9,11H,10H2,1-3H3,(H,17,19)(H,18,20,21). The number of rotatable bonds is 5. The van der Waals surface area contributed by atoms with Crippen molar-refractivity contribution in [1.82, 2.24) is 10.2 Å². The average molecular weight is 284 g/mol. The van der Waals surface area contributed by atoms with Crippen LogP contribution in [0.3, 0.4) is 0 Å². The fourth-order valence-corrected chi connectivity index (χ4v) is 1.94. The van der Waals surface area contributed by atoms with Crippen LogP contribution in [0.4, 0.5) is 11.6 Å². The number of benzene rings is 1. The van der Waals surface area contributed by atoms with Crippen molar-refractivity contribution in [2.45, 2.75) is 33.2 Å². The van der Waals surface area contributed by atoms with E-state index in [-0.39, 0.29) is 5.91 Å². The molecule has 0 aliphatic heterocycles. The Morgan fingerprint density at radius 3 is 2.38 bits per heavy atom. The van der Waals surface area contributed by atoms with E-state index >= 15 is 0 Å². The van der Waals surface area contributed by atoms with E-state index in [1.165, 1.54) is 0 Å². The van der Waals surface area contributed by atoms with Gasteiger partial charge in [-0.15, -0.1) is 10.2 Å². The Morgan fingerprint density at radius 2 is 1.76 bits per heavy atom. The molecule has 0 fully saturated rings. The molecule has 0 aliphatic carbocycles. The molecule has 110 valence electrons. The van der Waals surface area contributed by atoms with Crippen molar-refractivity contribution in [3.63, 3.8) is 0 Å². The molecule has 2 aromatic rings. The third kappa shape index (κ3) is 4.56. The molecule has 0 aliphatic rings. The third-order valence-corrected chi connectivity index (χ3v) is 2.98. The highest BCUT2D eigenvalue weighted by atomic mass is 16.1. The molecule has 21 heavy (non-hydrogen) atoms. The summed E-state index contributed by atoms with van der Waals surface area (Å²) in [7, 11) is 0. The van der Waals surface area contributed by atoms with Crippen LogP contribution in [0.5, 0.6) is 0 Å². The molecule has 0 bridgehead atoms. The van der Waals surface area contributed by atoms with Crippen LogP contribution in [0.1, 0.15) is 25.0 Å². The van der Waals surface area contributed by atoms with E-state index < -0.39 is 0 Å². The number of carbonyl (C=O) groups is 1. The minimum Gasteiger partial charge on any atom is -0.366 e. The van der Waals surface area contributed by atoms with E-state index in [1.54, 1.807) is 12.1 Å². The van der Waals surface area contributed by atoms with Crippen molar-refractivity contribution in [2.75, 3.05) is 10.6 Å². The summed E-state index contributed by atoms with van der Waals surface area (Å²) in [5.74, 6) is 1.06. The number of nitrogens with zero attached hydrogens (tertiary/aromatic N) is 2. The second kappa shape index (κ2) is 6.83. The Hall–Kier alpha value is -2.43. The van der Waals surface area contributed by atoms with Crippen molar-refractivity contribution in [2.24, 2.45) is 0 Å². The minimum absolute atomic E-state index is 0.0943. The van der Waals surface area contributed by atoms with E-state index in [0.29, 0.717) is 24.1 Å². The summed E-state index contributed by atoms with van der Waals surface area (Å²) in [5.41, 5.74) is 2.12. The van der Waals surface area contributed by atoms with Gasteiger partial charge in [-0.25, -0.2) is 0 Å². The number of nitrogens with one attached hydrogen (secondary N) is 2. The Morgan fingerprint density at radius 1 is 1.10 bits per heavy atom. The van der Waals surface area contributed by atoms with Gasteiger partial charge in [-0.2, -0.15) is 0 Å². The van der Waals surface area contributed by atoms with Crippen LogP contribution >= 0.6 is 0 Å². The molecular weight excluding hydrogens is 264 g/mol. The molecule has 2 rings (SSSR count). The molecule has 0 saturated heterocycles. The van der Waals surface area contributed by atoms with E-state index in [9.17, 15) is 4.79 Å². The Labute approximate surface area is 124 Å². The Kier molecular flexibility index (Phi) is 4.87. The molecule has 0 unspecified atom stereocenters. The molecule has 1 heterocycles. The van der Waals surface area contributed by atoms with Crippen molar-refractivity contribution < 1.29 is 4.79 Å². The average Bonchev–Trinajstić information content (AvgIpc) is 2.43. The predicted octanol–water partition coefficient (Wildman–Crippen LogP) is 2.79. The van der Waals surface area contributed by atoms with Gasteiger partial charge in [0.15, 0.2) is 5.82 Å². The van der Waals surface area contributed by atoms with E-state index in [1.807, 2.05) is 45.0 Å². The molecule has 1 amide bonds. The summed E-state index contributed by atoms with van der Waals surface area (Å²) in [6, 6.07) is 11.7. The van der Waals surface area contributed by atoms with Crippen LogP contribution in [0.15, 0.2) is 36.4 Å². The van der Waals surface area contributed by atoms with Gasteiger partial charge in [-0.3, -0.25) is 4.79 Å². The second-order valence-corrected chi connectivity index (χ2v) is 5.25. The van der Waals surface area contributed by atoms with Crippen LogP contribution in [0.2, 0.25) is 0 Å². The fraction of sp³-hybridized carbons (Fsp3) is 0.312. The summed E-state index contributed by atoms with van der Waals surface area (Å²) >= 11 is 0. The summed E-state index contributed by atoms with van der Waals surface area (Å²) in [6.07, 6.45) is 0.334. The number of hydrogen-bond acceptors (Lipinski definition) is 4. The SMILES string of the molecule is Cc1ccccc1CC(=O)Nc1ccc(NC(C)C)nn1. The Bertz CT molecular complexity index is 608. The lowest BCUT2D eigenvalue weighted by Crippen LogP contribution is -2.17. The number of aryl methyl sites for hydroxylation is 1. The van der Waals surface area contributed by atoms with Crippen molar-refractivity contribution in [1.29, 1.82) is 0 Å². The molecule has 2 N–H and O–H groups in total. The number of carbonyl (C=O) groups excluding carboxylic acids is 1. The van der Waals surface area contributed by atoms with Crippen LogP contribution < -0.4 is 10.6 Å². The summed E-state index contributed by atoms with van der Waals surface area (Å²) in [5, 5.41) is 13.9. The summed E-state index contributed by atoms with van der Waals surface area (Å²) in [4.78, 5) is 12.0. The first-order chi connectivity index (χ1) is 10.0. The molecule has 1 aromatic heterocycles. The largest absolute Gasteiger partial charge is 0.366 e. The van der Waals surface area contributed by atoms with Crippen molar-refractivity contribution in [3.05, 3.63) is 47.5 Å². The van der Waals surface area contributed by atoms with Gasteiger partial charge in [0, 0.05) is 6.04 Å². The zero-order valence-electron chi connectivity index (χ0n) is 12.6. The molecule has 0 saturated carbocycles. The van der Waals surface area contributed by atoms with Gasteiger partial charge in [0.25, 0.3) is 0 Å².